The largest absolute Gasteiger partial charge is 0.374 e. The maximum Gasteiger partial charge on any atom is 0.269 e. The standard InChI is InChI=1S/C19H17F2N5O2/c1-2-22-18(27)14-8-23-17(26-14)9-6-12(16-10(20)4-3-5-11(16)21)25-13-7-24-19(28)15(9)13/h3-6,8,19,24,28H,2,7H2,1H3,(H,22,27)(H,23,26). The first kappa shape index (κ1) is 18.2. The van der Waals surface area contributed by atoms with E-state index < -0.39 is 17.9 Å². The molecule has 0 saturated carbocycles. The highest BCUT2D eigenvalue weighted by Crippen LogP contribution is 2.36. The topological polar surface area (TPSA) is 103 Å². The Kier molecular flexibility index (Phi) is 4.62. The lowest BCUT2D eigenvalue weighted by Crippen LogP contribution is -2.22. The van der Waals surface area contributed by atoms with E-state index >= 15 is 0 Å². The van der Waals surface area contributed by atoms with E-state index in [2.05, 4.69) is 25.6 Å². The third-order valence-corrected chi connectivity index (χ3v) is 4.51. The van der Waals surface area contributed by atoms with Gasteiger partial charge in [-0.25, -0.2) is 13.8 Å². The van der Waals surface area contributed by atoms with Crippen LogP contribution in [0.25, 0.3) is 22.6 Å². The number of pyridine rings is 1. The molecule has 1 aromatic carbocycles. The summed E-state index contributed by atoms with van der Waals surface area (Å²) in [6.45, 7) is 2.48. The Morgan fingerprint density at radius 3 is 2.82 bits per heavy atom. The summed E-state index contributed by atoms with van der Waals surface area (Å²) in [7, 11) is 0. The molecule has 4 N–H and O–H groups in total. The Labute approximate surface area is 158 Å². The van der Waals surface area contributed by atoms with Crippen LogP contribution in [0.1, 0.15) is 34.9 Å². The van der Waals surface area contributed by atoms with Crippen LogP contribution in [0.15, 0.2) is 30.5 Å². The quantitative estimate of drug-likeness (QED) is 0.552. The van der Waals surface area contributed by atoms with Crippen LogP contribution in [0.2, 0.25) is 0 Å². The molecule has 0 saturated heterocycles. The van der Waals surface area contributed by atoms with Gasteiger partial charge in [0.25, 0.3) is 5.91 Å². The van der Waals surface area contributed by atoms with Gasteiger partial charge in [0.2, 0.25) is 0 Å². The molecule has 9 heteroatoms. The van der Waals surface area contributed by atoms with E-state index in [0.29, 0.717) is 29.2 Å². The number of aromatic nitrogens is 3. The smallest absolute Gasteiger partial charge is 0.269 e. The first-order valence-electron chi connectivity index (χ1n) is 8.72. The van der Waals surface area contributed by atoms with Gasteiger partial charge in [-0.15, -0.1) is 0 Å². The van der Waals surface area contributed by atoms with Gasteiger partial charge in [-0.1, -0.05) is 6.07 Å². The summed E-state index contributed by atoms with van der Waals surface area (Å²) in [6, 6.07) is 5.04. The molecular formula is C19H17F2N5O2. The number of carbonyl (C=O) groups is 1. The van der Waals surface area contributed by atoms with Gasteiger partial charge in [0.1, 0.15) is 29.4 Å². The molecule has 0 bridgehead atoms. The zero-order valence-electron chi connectivity index (χ0n) is 14.9. The lowest BCUT2D eigenvalue weighted by atomic mass is 10.0. The molecule has 1 unspecified atom stereocenters. The number of carbonyl (C=O) groups excluding carboxylic acids is 1. The van der Waals surface area contributed by atoms with Gasteiger partial charge in [0.05, 0.1) is 23.1 Å². The minimum Gasteiger partial charge on any atom is -0.374 e. The molecule has 0 radical (unpaired) electrons. The number of H-pyrrole nitrogens is 1. The highest BCUT2D eigenvalue weighted by molar-refractivity contribution is 5.92. The van der Waals surface area contributed by atoms with E-state index in [1.54, 1.807) is 6.92 Å². The number of rotatable bonds is 4. The van der Waals surface area contributed by atoms with Crippen LogP contribution in [-0.2, 0) is 6.54 Å². The maximum absolute atomic E-state index is 14.3. The molecule has 1 aliphatic heterocycles. The summed E-state index contributed by atoms with van der Waals surface area (Å²) in [5.74, 6) is -1.52. The molecule has 2 aromatic heterocycles. The molecule has 3 aromatic rings. The number of halogens is 2. The number of benzene rings is 1. The van der Waals surface area contributed by atoms with Crippen molar-refractivity contribution in [2.75, 3.05) is 6.54 Å². The molecule has 0 aliphatic carbocycles. The van der Waals surface area contributed by atoms with Gasteiger partial charge >= 0.3 is 0 Å². The second kappa shape index (κ2) is 7.10. The number of nitrogens with one attached hydrogen (secondary N) is 3. The number of imidazole rings is 1. The van der Waals surface area contributed by atoms with E-state index in [1.165, 1.54) is 18.3 Å². The Morgan fingerprint density at radius 1 is 1.36 bits per heavy atom. The molecule has 4 rings (SSSR count). The molecular weight excluding hydrogens is 368 g/mol. The average Bonchev–Trinajstić information content (AvgIpc) is 3.29. The van der Waals surface area contributed by atoms with Crippen molar-refractivity contribution in [1.29, 1.82) is 0 Å². The molecule has 7 nitrogen and oxygen atoms in total. The van der Waals surface area contributed by atoms with Crippen LogP contribution < -0.4 is 10.6 Å². The zero-order valence-corrected chi connectivity index (χ0v) is 14.9. The first-order chi connectivity index (χ1) is 13.5. The second-order valence-electron chi connectivity index (χ2n) is 6.30. The third kappa shape index (κ3) is 3.04. The molecule has 3 heterocycles. The fourth-order valence-electron chi connectivity index (χ4n) is 3.24. The number of amides is 1. The molecule has 144 valence electrons. The molecule has 0 spiro atoms. The Bertz CT molecular complexity index is 1050. The Hall–Kier alpha value is -3.17. The van der Waals surface area contributed by atoms with Gasteiger partial charge in [-0.2, -0.15) is 0 Å². The summed E-state index contributed by atoms with van der Waals surface area (Å²) in [6.07, 6.45) is 0.362. The van der Waals surface area contributed by atoms with Crippen LogP contribution in [0.3, 0.4) is 0 Å². The van der Waals surface area contributed by atoms with Crippen molar-refractivity contribution in [3.05, 3.63) is 59.0 Å². The van der Waals surface area contributed by atoms with Gasteiger partial charge in [-0.3, -0.25) is 15.1 Å². The third-order valence-electron chi connectivity index (χ3n) is 4.51. The Morgan fingerprint density at radius 2 is 2.11 bits per heavy atom. The van der Waals surface area contributed by atoms with Crippen molar-refractivity contribution in [1.82, 2.24) is 25.6 Å². The SMILES string of the molecule is CCNC(=O)c1cnc(-c2cc(-c3c(F)cccc3F)nc3c2C(O)NC3)[nH]1. The predicted molar refractivity (Wildman–Crippen MR) is 97.0 cm³/mol. The fraction of sp³-hybridized carbons (Fsp3) is 0.211. The van der Waals surface area contributed by atoms with Crippen molar-refractivity contribution < 1.29 is 18.7 Å². The fourth-order valence-corrected chi connectivity index (χ4v) is 3.24. The molecule has 28 heavy (non-hydrogen) atoms. The number of hydrogen-bond donors (Lipinski definition) is 4. The minimum atomic E-state index is -1.00. The van der Waals surface area contributed by atoms with E-state index in [9.17, 15) is 18.7 Å². The molecule has 0 fully saturated rings. The maximum atomic E-state index is 14.3. The molecule has 1 atom stereocenters. The average molecular weight is 385 g/mol. The number of aliphatic hydroxyl groups is 1. The second-order valence-corrected chi connectivity index (χ2v) is 6.30. The summed E-state index contributed by atoms with van der Waals surface area (Å²) in [4.78, 5) is 23.4. The Balaban J connectivity index is 1.88. The summed E-state index contributed by atoms with van der Waals surface area (Å²) in [5.41, 5.74) is 1.38. The first-order valence-corrected chi connectivity index (χ1v) is 8.72. The number of aliphatic hydroxyl groups excluding tert-OH is 1. The van der Waals surface area contributed by atoms with Crippen LogP contribution >= 0.6 is 0 Å². The van der Waals surface area contributed by atoms with Gasteiger partial charge in [0.15, 0.2) is 0 Å². The monoisotopic (exact) mass is 385 g/mol. The van der Waals surface area contributed by atoms with Crippen molar-refractivity contribution >= 4 is 5.91 Å². The number of hydrogen-bond acceptors (Lipinski definition) is 5. The molecule has 1 amide bonds. The lowest BCUT2D eigenvalue weighted by molar-refractivity contribution is 0.0951. The van der Waals surface area contributed by atoms with Crippen LogP contribution in [0.4, 0.5) is 8.78 Å². The predicted octanol–water partition coefficient (Wildman–Crippen LogP) is 2.26. The summed E-state index contributed by atoms with van der Waals surface area (Å²) in [5, 5.41) is 15.8. The van der Waals surface area contributed by atoms with Crippen molar-refractivity contribution in [3.8, 4) is 22.6 Å². The van der Waals surface area contributed by atoms with E-state index in [1.807, 2.05) is 0 Å². The van der Waals surface area contributed by atoms with Gasteiger partial charge in [0, 0.05) is 24.2 Å². The van der Waals surface area contributed by atoms with E-state index in [-0.39, 0.29) is 29.4 Å². The van der Waals surface area contributed by atoms with Crippen molar-refractivity contribution in [3.63, 3.8) is 0 Å². The summed E-state index contributed by atoms with van der Waals surface area (Å²) >= 11 is 0. The van der Waals surface area contributed by atoms with Crippen LogP contribution in [-0.4, -0.2) is 32.5 Å². The number of aromatic amines is 1. The minimum absolute atomic E-state index is 0.0798. The zero-order chi connectivity index (χ0) is 19.8. The van der Waals surface area contributed by atoms with Crippen molar-refractivity contribution in [2.45, 2.75) is 19.7 Å². The number of fused-ring (bicyclic) bond motifs is 1. The summed E-state index contributed by atoms with van der Waals surface area (Å²) < 4.78 is 28.5. The van der Waals surface area contributed by atoms with Crippen LogP contribution in [0.5, 0.6) is 0 Å². The lowest BCUT2D eigenvalue weighted by Gasteiger charge is -2.12. The highest BCUT2D eigenvalue weighted by atomic mass is 19.1. The molecule has 1 aliphatic rings. The van der Waals surface area contributed by atoms with E-state index in [4.69, 9.17) is 0 Å². The van der Waals surface area contributed by atoms with Gasteiger partial charge < -0.3 is 15.4 Å². The number of nitrogens with zero attached hydrogens (tertiary/aromatic N) is 2. The van der Waals surface area contributed by atoms with E-state index in [0.717, 1.165) is 12.1 Å². The van der Waals surface area contributed by atoms with Crippen molar-refractivity contribution in [2.24, 2.45) is 0 Å². The van der Waals surface area contributed by atoms with Gasteiger partial charge in [-0.05, 0) is 25.1 Å². The highest BCUT2D eigenvalue weighted by Gasteiger charge is 2.28. The normalized spacial score (nSPS) is 15.5. The van der Waals surface area contributed by atoms with Crippen LogP contribution in [0, 0.1) is 11.6 Å².